The highest BCUT2D eigenvalue weighted by Crippen LogP contribution is 2.41. The first-order chi connectivity index (χ1) is 16.9. The number of likely N-dealkylation sites (N-methyl/N-ethyl adjacent to an activating group) is 1. The van der Waals surface area contributed by atoms with Gasteiger partial charge in [-0.1, -0.05) is 12.1 Å². The molecule has 0 bridgehead atoms. The lowest BCUT2D eigenvalue weighted by Gasteiger charge is -2.38. The van der Waals surface area contributed by atoms with E-state index in [1.165, 1.54) is 12.5 Å². The Morgan fingerprint density at radius 1 is 1.06 bits per heavy atom. The van der Waals surface area contributed by atoms with Gasteiger partial charge in [-0.15, -0.1) is 0 Å². The molecule has 35 heavy (non-hydrogen) atoms. The molecule has 0 radical (unpaired) electrons. The van der Waals surface area contributed by atoms with Crippen LogP contribution in [0, 0.1) is 5.92 Å². The molecule has 2 heterocycles. The third-order valence-corrected chi connectivity index (χ3v) is 7.26. The summed E-state index contributed by atoms with van der Waals surface area (Å²) in [4.78, 5) is 29.0. The van der Waals surface area contributed by atoms with Crippen molar-refractivity contribution < 1.29 is 19.1 Å². The summed E-state index contributed by atoms with van der Waals surface area (Å²) in [6.45, 7) is 5.03. The number of carbonyl (C=O) groups is 2. The monoisotopic (exact) mass is 480 g/mol. The second-order valence-corrected chi connectivity index (χ2v) is 9.56. The van der Waals surface area contributed by atoms with Gasteiger partial charge in [-0.2, -0.15) is 0 Å². The van der Waals surface area contributed by atoms with Gasteiger partial charge in [0.05, 0.1) is 20.8 Å². The summed E-state index contributed by atoms with van der Waals surface area (Å²) < 4.78 is 10.8. The van der Waals surface area contributed by atoms with Crippen molar-refractivity contribution in [2.24, 2.45) is 5.92 Å². The number of rotatable bonds is 8. The number of hydrogen-bond acceptors (Lipinski definition) is 6. The van der Waals surface area contributed by atoms with Crippen LogP contribution in [0.25, 0.3) is 0 Å². The average Bonchev–Trinajstić information content (AvgIpc) is 3.18. The third kappa shape index (κ3) is 5.94. The predicted molar refractivity (Wildman–Crippen MR) is 136 cm³/mol. The van der Waals surface area contributed by atoms with Crippen LogP contribution >= 0.6 is 0 Å². The van der Waals surface area contributed by atoms with Crippen molar-refractivity contribution >= 4 is 17.5 Å². The van der Waals surface area contributed by atoms with E-state index < -0.39 is 0 Å². The van der Waals surface area contributed by atoms with Crippen LogP contribution in [-0.2, 0) is 16.1 Å². The van der Waals surface area contributed by atoms with E-state index in [0.717, 1.165) is 37.4 Å². The van der Waals surface area contributed by atoms with Gasteiger partial charge >= 0.3 is 0 Å². The number of likely N-dealkylation sites (tertiary alicyclic amines) is 2. The Labute approximate surface area is 207 Å². The molecule has 2 amide bonds. The average molecular weight is 481 g/mol. The molecular weight excluding hydrogens is 444 g/mol. The molecule has 0 aromatic heterocycles. The molecule has 8 nitrogen and oxygen atoms in total. The van der Waals surface area contributed by atoms with Crippen molar-refractivity contribution in [3.63, 3.8) is 0 Å². The second kappa shape index (κ2) is 11.1. The first-order valence-electron chi connectivity index (χ1n) is 12.2. The predicted octanol–water partition coefficient (Wildman–Crippen LogP) is 2.70. The summed E-state index contributed by atoms with van der Waals surface area (Å²) in [5.74, 6) is 2.34. The van der Waals surface area contributed by atoms with Crippen LogP contribution in [0.15, 0.2) is 42.5 Å². The zero-order chi connectivity index (χ0) is 24.9. The van der Waals surface area contributed by atoms with Crippen molar-refractivity contribution in [1.82, 2.24) is 15.1 Å². The number of benzene rings is 2. The minimum Gasteiger partial charge on any atom is -0.497 e. The maximum atomic E-state index is 12.8. The van der Waals surface area contributed by atoms with Crippen LogP contribution in [0.2, 0.25) is 0 Å². The molecule has 2 N–H and O–H groups in total. The molecule has 0 aliphatic carbocycles. The van der Waals surface area contributed by atoms with Crippen LogP contribution < -0.4 is 20.1 Å². The number of nitrogens with zero attached hydrogens (tertiary/aromatic N) is 2. The minimum atomic E-state index is -0.140. The normalized spacial score (nSPS) is 22.3. The first kappa shape index (κ1) is 25.0. The lowest BCUT2D eigenvalue weighted by atomic mass is 9.82. The number of ether oxygens (including phenoxy) is 2. The van der Waals surface area contributed by atoms with Gasteiger partial charge in [0, 0.05) is 56.3 Å². The van der Waals surface area contributed by atoms with Crippen molar-refractivity contribution in [2.75, 3.05) is 52.8 Å². The van der Waals surface area contributed by atoms with E-state index in [0.29, 0.717) is 42.4 Å². The fourth-order valence-electron chi connectivity index (χ4n) is 5.56. The summed E-state index contributed by atoms with van der Waals surface area (Å²) in [7, 11) is 5.50. The van der Waals surface area contributed by atoms with Gasteiger partial charge in [-0.25, -0.2) is 0 Å². The van der Waals surface area contributed by atoms with E-state index in [2.05, 4.69) is 39.6 Å². The van der Waals surface area contributed by atoms with Gasteiger partial charge in [0.25, 0.3) is 0 Å². The lowest BCUT2D eigenvalue weighted by molar-refractivity contribution is -0.123. The molecule has 0 saturated carbocycles. The van der Waals surface area contributed by atoms with E-state index in [-0.39, 0.29) is 11.8 Å². The van der Waals surface area contributed by atoms with Gasteiger partial charge < -0.3 is 25.0 Å². The molecule has 0 unspecified atom stereocenters. The molecule has 0 spiro atoms. The van der Waals surface area contributed by atoms with Gasteiger partial charge in [-0.3, -0.25) is 14.5 Å². The van der Waals surface area contributed by atoms with Crippen molar-refractivity contribution in [1.29, 1.82) is 0 Å². The molecule has 2 fully saturated rings. The zero-order valence-corrected chi connectivity index (χ0v) is 21.0. The van der Waals surface area contributed by atoms with E-state index in [1.807, 2.05) is 18.2 Å². The maximum Gasteiger partial charge on any atom is 0.234 e. The highest BCUT2D eigenvalue weighted by atomic mass is 16.5. The summed E-state index contributed by atoms with van der Waals surface area (Å²) in [5.41, 5.74) is 2.84. The van der Waals surface area contributed by atoms with Gasteiger partial charge in [-0.05, 0) is 55.3 Å². The van der Waals surface area contributed by atoms with E-state index >= 15 is 0 Å². The van der Waals surface area contributed by atoms with E-state index in [4.69, 9.17) is 9.47 Å². The standard InChI is InChI=1S/C27H36N4O4/c1-18(32)29-21-7-10-26(35-4)20(13-21)14-28-27(33)17-31-12-11-25-24(16-31)23(15-30(25)2)19-5-8-22(34-3)9-6-19/h5-10,13,23-25H,11-12,14-17H2,1-4H3,(H,28,33)(H,29,32)/t23-,24-,25-/m1/s1. The summed E-state index contributed by atoms with van der Waals surface area (Å²) in [6, 6.07) is 14.4. The zero-order valence-electron chi connectivity index (χ0n) is 21.0. The molecule has 3 atom stereocenters. The van der Waals surface area contributed by atoms with Crippen LogP contribution in [0.1, 0.15) is 30.4 Å². The lowest BCUT2D eigenvalue weighted by Crippen LogP contribution is -2.48. The van der Waals surface area contributed by atoms with Crippen molar-refractivity contribution in [2.45, 2.75) is 31.8 Å². The molecule has 2 saturated heterocycles. The Hall–Kier alpha value is -3.10. The number of carbonyl (C=O) groups excluding carboxylic acids is 2. The van der Waals surface area contributed by atoms with Gasteiger partial charge in [0.15, 0.2) is 0 Å². The first-order valence-corrected chi connectivity index (χ1v) is 12.2. The Morgan fingerprint density at radius 2 is 1.83 bits per heavy atom. The highest BCUT2D eigenvalue weighted by molar-refractivity contribution is 5.88. The number of methoxy groups -OCH3 is 2. The number of fused-ring (bicyclic) bond motifs is 1. The largest absolute Gasteiger partial charge is 0.497 e. The highest BCUT2D eigenvalue weighted by Gasteiger charge is 2.43. The Balaban J connectivity index is 1.36. The van der Waals surface area contributed by atoms with Crippen molar-refractivity contribution in [3.05, 3.63) is 53.6 Å². The summed E-state index contributed by atoms with van der Waals surface area (Å²) in [5, 5.41) is 5.80. The Kier molecular flexibility index (Phi) is 7.93. The molecule has 188 valence electrons. The fourth-order valence-corrected chi connectivity index (χ4v) is 5.56. The molecule has 2 aromatic carbocycles. The SMILES string of the molecule is COc1ccc([C@H]2CN(C)[C@@H]3CCN(CC(=O)NCc4cc(NC(C)=O)ccc4OC)C[C@H]23)cc1. The Bertz CT molecular complexity index is 1040. The molecule has 2 aromatic rings. The second-order valence-electron chi connectivity index (χ2n) is 9.56. The summed E-state index contributed by atoms with van der Waals surface area (Å²) in [6.07, 6.45) is 1.06. The minimum absolute atomic E-state index is 0.0113. The van der Waals surface area contributed by atoms with Gasteiger partial charge in [0.1, 0.15) is 11.5 Å². The molecule has 8 heteroatoms. The smallest absolute Gasteiger partial charge is 0.234 e. The maximum absolute atomic E-state index is 12.8. The van der Waals surface area contributed by atoms with Crippen LogP contribution in [-0.4, -0.2) is 75.1 Å². The molecular formula is C27H36N4O4. The fraction of sp³-hybridized carbons (Fsp3) is 0.481. The van der Waals surface area contributed by atoms with E-state index in [1.54, 1.807) is 26.4 Å². The van der Waals surface area contributed by atoms with Crippen LogP contribution in [0.4, 0.5) is 5.69 Å². The van der Waals surface area contributed by atoms with E-state index in [9.17, 15) is 9.59 Å². The Morgan fingerprint density at radius 3 is 2.51 bits per heavy atom. The van der Waals surface area contributed by atoms with Crippen LogP contribution in [0.5, 0.6) is 11.5 Å². The quantitative estimate of drug-likeness (QED) is 0.605. The van der Waals surface area contributed by atoms with Gasteiger partial charge in [0.2, 0.25) is 11.8 Å². The number of hydrogen-bond donors (Lipinski definition) is 2. The molecule has 2 aliphatic heterocycles. The molecule has 4 rings (SSSR count). The number of anilines is 1. The number of nitrogens with one attached hydrogen (secondary N) is 2. The molecule has 2 aliphatic rings. The van der Waals surface area contributed by atoms with Crippen LogP contribution in [0.3, 0.4) is 0 Å². The third-order valence-electron chi connectivity index (χ3n) is 7.26. The summed E-state index contributed by atoms with van der Waals surface area (Å²) >= 11 is 0. The topological polar surface area (TPSA) is 83.1 Å². The number of piperidine rings is 1. The van der Waals surface area contributed by atoms with Crippen molar-refractivity contribution in [3.8, 4) is 11.5 Å². The number of amides is 2.